The largest absolute Gasteiger partial charge is 0.338 e. The Labute approximate surface area is 113 Å². The van der Waals surface area contributed by atoms with Crippen LogP contribution < -0.4 is 0 Å². The van der Waals surface area contributed by atoms with Crippen LogP contribution in [0.2, 0.25) is 0 Å². The number of piperidine rings is 1. The molecule has 100 valence electrons. The predicted octanol–water partition coefficient (Wildman–Crippen LogP) is 3.45. The highest BCUT2D eigenvalue weighted by Crippen LogP contribution is 2.27. The van der Waals surface area contributed by atoms with E-state index in [1.807, 2.05) is 11.8 Å². The number of nitrogens with zero attached hydrogens (tertiary/aromatic N) is 2. The fourth-order valence-electron chi connectivity index (χ4n) is 2.38. The van der Waals surface area contributed by atoms with E-state index in [1.165, 1.54) is 6.42 Å². The van der Waals surface area contributed by atoms with Crippen LogP contribution >= 0.6 is 11.3 Å². The van der Waals surface area contributed by atoms with Gasteiger partial charge in [-0.25, -0.2) is 4.98 Å². The number of hydrogen-bond donors (Lipinski definition) is 0. The first-order chi connectivity index (χ1) is 8.49. The van der Waals surface area contributed by atoms with Crippen molar-refractivity contribution in [2.45, 2.75) is 46.5 Å². The second-order valence-corrected chi connectivity index (χ2v) is 6.65. The molecule has 1 aliphatic rings. The monoisotopic (exact) mass is 266 g/mol. The van der Waals surface area contributed by atoms with E-state index in [2.05, 4.69) is 25.8 Å². The van der Waals surface area contributed by atoms with Crippen LogP contribution in [-0.2, 0) is 0 Å². The number of carbonyl (C=O) groups excluding carboxylic acids is 1. The zero-order valence-electron chi connectivity index (χ0n) is 11.7. The van der Waals surface area contributed by atoms with Crippen molar-refractivity contribution < 1.29 is 4.79 Å². The minimum Gasteiger partial charge on any atom is -0.338 e. The molecule has 0 radical (unpaired) electrons. The average Bonchev–Trinajstić information content (AvgIpc) is 2.70. The Hall–Kier alpha value is -0.900. The third-order valence-electron chi connectivity index (χ3n) is 3.45. The van der Waals surface area contributed by atoms with E-state index < -0.39 is 0 Å². The van der Waals surface area contributed by atoms with Crippen LogP contribution in [0.15, 0.2) is 0 Å². The third-order valence-corrected chi connectivity index (χ3v) is 4.89. The molecule has 0 aliphatic carbocycles. The van der Waals surface area contributed by atoms with Crippen molar-refractivity contribution >= 4 is 17.2 Å². The number of thiazole rings is 1. The van der Waals surface area contributed by atoms with Gasteiger partial charge in [0.15, 0.2) is 0 Å². The maximum Gasteiger partial charge on any atom is 0.265 e. The molecule has 1 atom stereocenters. The van der Waals surface area contributed by atoms with E-state index >= 15 is 0 Å². The van der Waals surface area contributed by atoms with Gasteiger partial charge in [0, 0.05) is 19.0 Å². The highest BCUT2D eigenvalue weighted by atomic mass is 32.1. The summed E-state index contributed by atoms with van der Waals surface area (Å²) in [6.45, 7) is 10.2. The van der Waals surface area contributed by atoms with Crippen LogP contribution in [0.5, 0.6) is 0 Å². The van der Waals surface area contributed by atoms with Crippen molar-refractivity contribution in [1.29, 1.82) is 0 Å². The molecule has 1 amide bonds. The summed E-state index contributed by atoms with van der Waals surface area (Å²) in [5.41, 5.74) is 0.895. The first-order valence-electron chi connectivity index (χ1n) is 6.75. The van der Waals surface area contributed by atoms with Gasteiger partial charge in [0.05, 0.1) is 10.7 Å². The summed E-state index contributed by atoms with van der Waals surface area (Å²) in [5.74, 6) is 1.21. The summed E-state index contributed by atoms with van der Waals surface area (Å²) < 4.78 is 0. The Balaban J connectivity index is 2.17. The van der Waals surface area contributed by atoms with E-state index in [9.17, 15) is 4.79 Å². The van der Waals surface area contributed by atoms with Crippen LogP contribution in [0.3, 0.4) is 0 Å². The van der Waals surface area contributed by atoms with Gasteiger partial charge < -0.3 is 4.90 Å². The fraction of sp³-hybridized carbons (Fsp3) is 0.714. The number of amides is 1. The van der Waals surface area contributed by atoms with Gasteiger partial charge in [-0.1, -0.05) is 20.8 Å². The van der Waals surface area contributed by atoms with Gasteiger partial charge in [0.1, 0.15) is 4.88 Å². The molecule has 0 unspecified atom stereocenters. The number of carbonyl (C=O) groups is 1. The highest BCUT2D eigenvalue weighted by Gasteiger charge is 2.25. The van der Waals surface area contributed by atoms with Crippen molar-refractivity contribution in [1.82, 2.24) is 9.88 Å². The number of aryl methyl sites for hydroxylation is 1. The molecule has 0 spiro atoms. The molecule has 1 saturated heterocycles. The van der Waals surface area contributed by atoms with Gasteiger partial charge in [-0.3, -0.25) is 4.79 Å². The Morgan fingerprint density at radius 2 is 2.22 bits per heavy atom. The second-order valence-electron chi connectivity index (χ2n) is 5.62. The van der Waals surface area contributed by atoms with Gasteiger partial charge in [0.2, 0.25) is 0 Å². The summed E-state index contributed by atoms with van der Waals surface area (Å²) >= 11 is 1.57. The lowest BCUT2D eigenvalue weighted by molar-refractivity contribution is 0.0687. The molecule has 1 aromatic heterocycles. The van der Waals surface area contributed by atoms with E-state index in [-0.39, 0.29) is 5.91 Å². The number of aromatic nitrogens is 1. The van der Waals surface area contributed by atoms with Crippen LogP contribution in [0, 0.1) is 12.8 Å². The zero-order valence-corrected chi connectivity index (χ0v) is 12.5. The highest BCUT2D eigenvalue weighted by molar-refractivity contribution is 7.13. The minimum absolute atomic E-state index is 0.184. The Bertz CT molecular complexity index is 439. The molecule has 2 rings (SSSR count). The normalized spacial score (nSPS) is 20.5. The van der Waals surface area contributed by atoms with Gasteiger partial charge in [0.25, 0.3) is 5.91 Å². The molecular formula is C14H22N2OS. The Morgan fingerprint density at radius 1 is 1.50 bits per heavy atom. The minimum atomic E-state index is 0.184. The third kappa shape index (κ3) is 2.74. The molecule has 2 heterocycles. The lowest BCUT2D eigenvalue weighted by Crippen LogP contribution is -2.39. The maximum atomic E-state index is 12.5. The van der Waals surface area contributed by atoms with Gasteiger partial charge in [-0.15, -0.1) is 11.3 Å². The van der Waals surface area contributed by atoms with Crippen molar-refractivity contribution in [3.63, 3.8) is 0 Å². The molecule has 4 heteroatoms. The quantitative estimate of drug-likeness (QED) is 0.821. The van der Waals surface area contributed by atoms with Gasteiger partial charge >= 0.3 is 0 Å². The molecule has 1 aromatic rings. The summed E-state index contributed by atoms with van der Waals surface area (Å²) in [6.07, 6.45) is 2.37. The standard InChI is InChI=1S/C14H22N2OS/c1-9(2)13-15-11(4)12(18-13)14(17)16-7-5-6-10(3)8-16/h9-10H,5-8H2,1-4H3/t10-/m0/s1. The van der Waals surface area contributed by atoms with Crippen molar-refractivity contribution in [2.75, 3.05) is 13.1 Å². The lowest BCUT2D eigenvalue weighted by Gasteiger charge is -2.30. The van der Waals surface area contributed by atoms with Crippen LogP contribution in [0.25, 0.3) is 0 Å². The summed E-state index contributed by atoms with van der Waals surface area (Å²) in [5, 5.41) is 1.07. The molecule has 0 saturated carbocycles. The number of rotatable bonds is 2. The second kappa shape index (κ2) is 5.39. The van der Waals surface area contributed by atoms with E-state index in [0.717, 1.165) is 35.1 Å². The Kier molecular flexibility index (Phi) is 4.05. The van der Waals surface area contributed by atoms with Crippen molar-refractivity contribution in [2.24, 2.45) is 5.92 Å². The fourth-order valence-corrected chi connectivity index (χ4v) is 3.42. The topological polar surface area (TPSA) is 33.2 Å². The van der Waals surface area contributed by atoms with Gasteiger partial charge in [-0.05, 0) is 25.7 Å². The van der Waals surface area contributed by atoms with E-state index in [1.54, 1.807) is 11.3 Å². The Morgan fingerprint density at radius 3 is 2.78 bits per heavy atom. The summed E-state index contributed by atoms with van der Waals surface area (Å²) in [4.78, 5) is 19.9. The van der Waals surface area contributed by atoms with E-state index in [0.29, 0.717) is 11.8 Å². The van der Waals surface area contributed by atoms with Crippen molar-refractivity contribution in [3.8, 4) is 0 Å². The smallest absolute Gasteiger partial charge is 0.265 e. The summed E-state index contributed by atoms with van der Waals surface area (Å²) in [6, 6.07) is 0. The molecule has 0 N–H and O–H groups in total. The first kappa shape index (κ1) is 13.5. The summed E-state index contributed by atoms with van der Waals surface area (Å²) in [7, 11) is 0. The van der Waals surface area contributed by atoms with Crippen LogP contribution in [0.4, 0.5) is 0 Å². The molecular weight excluding hydrogens is 244 g/mol. The zero-order chi connectivity index (χ0) is 13.3. The van der Waals surface area contributed by atoms with Crippen molar-refractivity contribution in [3.05, 3.63) is 15.6 Å². The molecule has 1 aliphatic heterocycles. The first-order valence-corrected chi connectivity index (χ1v) is 7.57. The molecule has 1 fully saturated rings. The van der Waals surface area contributed by atoms with Gasteiger partial charge in [-0.2, -0.15) is 0 Å². The molecule has 18 heavy (non-hydrogen) atoms. The molecule has 3 nitrogen and oxygen atoms in total. The molecule has 0 bridgehead atoms. The SMILES string of the molecule is Cc1nc(C(C)C)sc1C(=O)N1CCC[C@H](C)C1. The molecule has 0 aromatic carbocycles. The van der Waals surface area contributed by atoms with Crippen LogP contribution in [0.1, 0.15) is 59.9 Å². The maximum absolute atomic E-state index is 12.5. The predicted molar refractivity (Wildman–Crippen MR) is 75.2 cm³/mol. The van der Waals surface area contributed by atoms with E-state index in [4.69, 9.17) is 0 Å². The number of likely N-dealkylation sites (tertiary alicyclic amines) is 1. The average molecular weight is 266 g/mol. The lowest BCUT2D eigenvalue weighted by atomic mass is 10.0. The van der Waals surface area contributed by atoms with Crippen LogP contribution in [-0.4, -0.2) is 28.9 Å². The number of hydrogen-bond acceptors (Lipinski definition) is 3.